The molecular weight excluding hydrogens is 370 g/mol. The van der Waals surface area contributed by atoms with Crippen LogP contribution in [0.5, 0.6) is 0 Å². The Morgan fingerprint density at radius 2 is 1.73 bits per heavy atom. The van der Waals surface area contributed by atoms with Crippen molar-refractivity contribution in [3.63, 3.8) is 0 Å². The molecule has 5 rings (SSSR count). The van der Waals surface area contributed by atoms with Crippen molar-refractivity contribution in [2.24, 2.45) is 0 Å². The summed E-state index contributed by atoms with van der Waals surface area (Å²) in [6, 6.07) is 20.9. The van der Waals surface area contributed by atoms with Gasteiger partial charge in [-0.15, -0.1) is 0 Å². The standard InChI is InChI=1S/C26H27N3O/c30-26(22-10-12-25(27-18-22)20-5-2-1-3-6-20)28-23-11-9-19-13-15-29(24-7-4-8-24)16-14-21(19)17-23/h1-3,5-6,9-12,17-18,24H,4,7-8,13-16H2,(H,28,30). The number of carbonyl (C=O) groups is 1. The van der Waals surface area contributed by atoms with Gasteiger partial charge in [-0.05, 0) is 61.1 Å². The van der Waals surface area contributed by atoms with Crippen molar-refractivity contribution in [1.29, 1.82) is 0 Å². The Bertz CT molecular complexity index is 1030. The summed E-state index contributed by atoms with van der Waals surface area (Å²) in [5.41, 5.74) is 6.14. The quantitative estimate of drug-likeness (QED) is 0.677. The molecule has 4 nitrogen and oxygen atoms in total. The van der Waals surface area contributed by atoms with Gasteiger partial charge >= 0.3 is 0 Å². The Hall–Kier alpha value is -2.98. The van der Waals surface area contributed by atoms with Gasteiger partial charge in [-0.25, -0.2) is 0 Å². The van der Waals surface area contributed by atoms with Gasteiger partial charge in [0.2, 0.25) is 0 Å². The zero-order chi connectivity index (χ0) is 20.3. The number of nitrogens with zero attached hydrogens (tertiary/aromatic N) is 2. The van der Waals surface area contributed by atoms with E-state index in [1.807, 2.05) is 48.5 Å². The van der Waals surface area contributed by atoms with E-state index in [2.05, 4.69) is 27.3 Å². The first kappa shape index (κ1) is 19.0. The molecule has 0 atom stereocenters. The second kappa shape index (κ2) is 8.41. The third-order valence-corrected chi connectivity index (χ3v) is 6.49. The number of aromatic nitrogens is 1. The minimum atomic E-state index is -0.119. The van der Waals surface area contributed by atoms with Crippen molar-refractivity contribution in [3.05, 3.63) is 83.6 Å². The van der Waals surface area contributed by atoms with Crippen LogP contribution in [0.25, 0.3) is 11.3 Å². The SMILES string of the molecule is O=C(Nc1ccc2c(c1)CCN(C1CCC1)CC2)c1ccc(-c2ccccc2)nc1. The largest absolute Gasteiger partial charge is 0.322 e. The van der Waals surface area contributed by atoms with Crippen LogP contribution in [-0.2, 0) is 12.8 Å². The van der Waals surface area contributed by atoms with E-state index in [4.69, 9.17) is 0 Å². The topological polar surface area (TPSA) is 45.2 Å². The molecule has 3 aromatic rings. The molecule has 0 spiro atoms. The molecule has 2 aromatic carbocycles. The van der Waals surface area contributed by atoms with E-state index in [-0.39, 0.29) is 5.91 Å². The van der Waals surface area contributed by atoms with Crippen molar-refractivity contribution in [2.75, 3.05) is 18.4 Å². The molecule has 152 valence electrons. The normalized spacial score (nSPS) is 16.9. The van der Waals surface area contributed by atoms with E-state index >= 15 is 0 Å². The van der Waals surface area contributed by atoms with Crippen LogP contribution in [0.2, 0.25) is 0 Å². The second-order valence-corrected chi connectivity index (χ2v) is 8.36. The Balaban J connectivity index is 1.26. The summed E-state index contributed by atoms with van der Waals surface area (Å²) < 4.78 is 0. The fraction of sp³-hybridized carbons (Fsp3) is 0.308. The number of fused-ring (bicyclic) bond motifs is 1. The van der Waals surface area contributed by atoms with Crippen LogP contribution in [-0.4, -0.2) is 34.9 Å². The highest BCUT2D eigenvalue weighted by molar-refractivity contribution is 6.04. The molecule has 0 saturated heterocycles. The lowest BCUT2D eigenvalue weighted by molar-refractivity contribution is 0.102. The maximum absolute atomic E-state index is 12.7. The van der Waals surface area contributed by atoms with Crippen LogP contribution in [0.4, 0.5) is 5.69 Å². The predicted molar refractivity (Wildman–Crippen MR) is 121 cm³/mol. The first-order chi connectivity index (χ1) is 14.8. The first-order valence-electron chi connectivity index (χ1n) is 10.9. The molecule has 1 aliphatic carbocycles. The van der Waals surface area contributed by atoms with Crippen molar-refractivity contribution in [2.45, 2.75) is 38.1 Å². The molecule has 4 heteroatoms. The van der Waals surface area contributed by atoms with Crippen molar-refractivity contribution in [3.8, 4) is 11.3 Å². The third-order valence-electron chi connectivity index (χ3n) is 6.49. The summed E-state index contributed by atoms with van der Waals surface area (Å²) >= 11 is 0. The smallest absolute Gasteiger partial charge is 0.257 e. The zero-order valence-corrected chi connectivity index (χ0v) is 17.2. The highest BCUT2D eigenvalue weighted by Crippen LogP contribution is 2.28. The molecule has 1 N–H and O–H groups in total. The van der Waals surface area contributed by atoms with E-state index < -0.39 is 0 Å². The van der Waals surface area contributed by atoms with Gasteiger partial charge in [0, 0.05) is 36.6 Å². The third kappa shape index (κ3) is 4.01. The average molecular weight is 398 g/mol. The predicted octanol–water partition coefficient (Wildman–Crippen LogP) is 4.95. The van der Waals surface area contributed by atoms with E-state index in [0.29, 0.717) is 5.56 Å². The first-order valence-corrected chi connectivity index (χ1v) is 10.9. The fourth-order valence-electron chi connectivity index (χ4n) is 4.45. The molecule has 2 heterocycles. The van der Waals surface area contributed by atoms with E-state index in [1.165, 1.54) is 30.4 Å². The molecular formula is C26H27N3O. The van der Waals surface area contributed by atoms with Gasteiger partial charge in [0.05, 0.1) is 11.3 Å². The lowest BCUT2D eigenvalue weighted by Crippen LogP contribution is -2.41. The van der Waals surface area contributed by atoms with Gasteiger partial charge in [0.15, 0.2) is 0 Å². The molecule has 0 bridgehead atoms. The summed E-state index contributed by atoms with van der Waals surface area (Å²) in [5.74, 6) is -0.119. The molecule has 1 fully saturated rings. The molecule has 1 amide bonds. The summed E-state index contributed by atoms with van der Waals surface area (Å²) in [4.78, 5) is 19.8. The van der Waals surface area contributed by atoms with E-state index in [9.17, 15) is 4.79 Å². The monoisotopic (exact) mass is 397 g/mol. The van der Waals surface area contributed by atoms with Crippen LogP contribution >= 0.6 is 0 Å². The van der Waals surface area contributed by atoms with Gasteiger partial charge in [-0.2, -0.15) is 0 Å². The molecule has 1 aliphatic heterocycles. The Morgan fingerprint density at radius 1 is 0.933 bits per heavy atom. The molecule has 30 heavy (non-hydrogen) atoms. The summed E-state index contributed by atoms with van der Waals surface area (Å²) in [6.07, 6.45) is 7.90. The van der Waals surface area contributed by atoms with Crippen molar-refractivity contribution < 1.29 is 4.79 Å². The zero-order valence-electron chi connectivity index (χ0n) is 17.2. The molecule has 0 unspecified atom stereocenters. The number of benzene rings is 2. The number of hydrogen-bond donors (Lipinski definition) is 1. The maximum atomic E-state index is 12.7. The Labute approximate surface area is 178 Å². The number of hydrogen-bond acceptors (Lipinski definition) is 3. The minimum absolute atomic E-state index is 0.119. The molecule has 1 saturated carbocycles. The molecule has 1 aromatic heterocycles. The van der Waals surface area contributed by atoms with Crippen molar-refractivity contribution >= 4 is 11.6 Å². The number of anilines is 1. The number of amides is 1. The maximum Gasteiger partial charge on any atom is 0.257 e. The lowest BCUT2D eigenvalue weighted by atomic mass is 9.91. The Morgan fingerprint density at radius 3 is 2.43 bits per heavy atom. The van der Waals surface area contributed by atoms with Crippen LogP contribution in [0.1, 0.15) is 40.7 Å². The van der Waals surface area contributed by atoms with Gasteiger partial charge in [0.1, 0.15) is 0 Å². The van der Waals surface area contributed by atoms with Crippen LogP contribution in [0, 0.1) is 0 Å². The molecule has 0 radical (unpaired) electrons. The highest BCUT2D eigenvalue weighted by Gasteiger charge is 2.26. The van der Waals surface area contributed by atoms with Gasteiger partial charge in [0.25, 0.3) is 5.91 Å². The minimum Gasteiger partial charge on any atom is -0.322 e. The number of pyridine rings is 1. The number of nitrogens with one attached hydrogen (secondary N) is 1. The molecule has 2 aliphatic rings. The van der Waals surface area contributed by atoms with E-state index in [0.717, 1.165) is 48.9 Å². The van der Waals surface area contributed by atoms with E-state index in [1.54, 1.807) is 6.20 Å². The highest BCUT2D eigenvalue weighted by atomic mass is 16.1. The summed E-state index contributed by atoms with van der Waals surface area (Å²) in [5, 5.41) is 3.05. The Kier molecular flexibility index (Phi) is 5.33. The summed E-state index contributed by atoms with van der Waals surface area (Å²) in [6.45, 7) is 2.28. The van der Waals surface area contributed by atoms with Crippen LogP contribution in [0.3, 0.4) is 0 Å². The van der Waals surface area contributed by atoms with Crippen LogP contribution < -0.4 is 5.32 Å². The second-order valence-electron chi connectivity index (χ2n) is 8.36. The fourth-order valence-corrected chi connectivity index (χ4v) is 4.45. The van der Waals surface area contributed by atoms with Crippen molar-refractivity contribution in [1.82, 2.24) is 9.88 Å². The van der Waals surface area contributed by atoms with Gasteiger partial charge in [-0.3, -0.25) is 14.7 Å². The average Bonchev–Trinajstić information content (AvgIpc) is 2.96. The van der Waals surface area contributed by atoms with Gasteiger partial charge in [-0.1, -0.05) is 42.8 Å². The number of carbonyl (C=O) groups excluding carboxylic acids is 1. The summed E-state index contributed by atoms with van der Waals surface area (Å²) in [7, 11) is 0. The van der Waals surface area contributed by atoms with Crippen LogP contribution in [0.15, 0.2) is 66.9 Å². The number of rotatable bonds is 4. The lowest BCUT2D eigenvalue weighted by Gasteiger charge is -2.36. The van der Waals surface area contributed by atoms with Gasteiger partial charge < -0.3 is 5.32 Å².